The molecule has 0 aromatic heterocycles. The molecular formula is C33H50N4O4. The van der Waals surface area contributed by atoms with Crippen molar-refractivity contribution < 1.29 is 19.8 Å². The minimum atomic E-state index is -0.808. The smallest absolute Gasteiger partial charge is 0.240 e. The molecule has 9 atom stereocenters. The summed E-state index contributed by atoms with van der Waals surface area (Å²) in [6, 6.07) is 7.93. The topological polar surface area (TPSA) is 106 Å². The van der Waals surface area contributed by atoms with Crippen molar-refractivity contribution in [3.05, 3.63) is 35.4 Å². The van der Waals surface area contributed by atoms with Crippen molar-refractivity contribution in [3.63, 3.8) is 0 Å². The van der Waals surface area contributed by atoms with Gasteiger partial charge in [0.15, 0.2) is 0 Å². The quantitative estimate of drug-likeness (QED) is 0.231. The van der Waals surface area contributed by atoms with E-state index in [1.54, 1.807) is 12.0 Å². The Balaban J connectivity index is 1.23. The Bertz CT molecular complexity index is 1110. The monoisotopic (exact) mass is 566 g/mol. The number of benzene rings is 1. The molecule has 0 spiro atoms. The number of piperidine rings is 1. The van der Waals surface area contributed by atoms with E-state index in [0.717, 1.165) is 30.6 Å². The third kappa shape index (κ3) is 6.66. The summed E-state index contributed by atoms with van der Waals surface area (Å²) in [6.07, 6.45) is 4.55. The number of nitrogens with one attached hydrogen (secondary N) is 3. The number of hydrogen-bond donors (Lipinski definition) is 5. The number of fused-ring (bicyclic) bond motifs is 2. The molecule has 3 saturated carbocycles. The second-order valence-electron chi connectivity index (χ2n) is 13.5. The van der Waals surface area contributed by atoms with Gasteiger partial charge in [-0.05, 0) is 80.0 Å². The van der Waals surface area contributed by atoms with Crippen LogP contribution >= 0.6 is 0 Å². The van der Waals surface area contributed by atoms with Crippen LogP contribution in [0.4, 0.5) is 0 Å². The fourth-order valence-corrected chi connectivity index (χ4v) is 7.97. The number of aliphatic hydroxyl groups is 2. The van der Waals surface area contributed by atoms with Gasteiger partial charge >= 0.3 is 0 Å². The Morgan fingerprint density at radius 3 is 2.80 bits per heavy atom. The highest BCUT2D eigenvalue weighted by atomic mass is 16.7. The third-order valence-corrected chi connectivity index (χ3v) is 10.6. The zero-order valence-corrected chi connectivity index (χ0v) is 25.2. The zero-order chi connectivity index (χ0) is 29.1. The first kappa shape index (κ1) is 30.5. The van der Waals surface area contributed by atoms with Gasteiger partial charge in [-0.15, -0.1) is 0 Å². The van der Waals surface area contributed by atoms with E-state index in [0.29, 0.717) is 42.3 Å². The first-order chi connectivity index (χ1) is 19.7. The Morgan fingerprint density at radius 2 is 2.12 bits per heavy atom. The largest absolute Gasteiger partial charge is 0.394 e. The molecule has 1 aromatic carbocycles. The molecule has 8 heteroatoms. The van der Waals surface area contributed by atoms with Crippen molar-refractivity contribution in [2.24, 2.45) is 29.1 Å². The fraction of sp³-hybridized carbons (Fsp3) is 0.727. The molecule has 5 N–H and O–H groups in total. The molecule has 226 valence electrons. The number of hydrogen-bond acceptors (Lipinski definition) is 7. The van der Waals surface area contributed by atoms with Gasteiger partial charge in [0.2, 0.25) is 5.91 Å². The summed E-state index contributed by atoms with van der Waals surface area (Å²) < 4.78 is 0. The molecule has 2 bridgehead atoms. The van der Waals surface area contributed by atoms with Gasteiger partial charge in [-0.25, -0.2) is 0 Å². The highest BCUT2D eigenvalue weighted by Gasteiger charge is 2.57. The molecule has 5 fully saturated rings. The van der Waals surface area contributed by atoms with Crippen LogP contribution in [0.2, 0.25) is 0 Å². The molecule has 6 rings (SSSR count). The van der Waals surface area contributed by atoms with E-state index in [1.807, 2.05) is 24.3 Å². The predicted octanol–water partition coefficient (Wildman–Crippen LogP) is 2.43. The second-order valence-corrected chi connectivity index (χ2v) is 13.5. The van der Waals surface area contributed by atoms with E-state index in [-0.39, 0.29) is 18.6 Å². The number of hydroxylamine groups is 2. The van der Waals surface area contributed by atoms with Crippen molar-refractivity contribution in [2.75, 3.05) is 26.2 Å². The maximum Gasteiger partial charge on any atom is 0.240 e. The van der Waals surface area contributed by atoms with E-state index in [9.17, 15) is 15.0 Å². The maximum absolute atomic E-state index is 13.8. The molecule has 5 aliphatic rings. The van der Waals surface area contributed by atoms with E-state index in [4.69, 9.17) is 4.84 Å². The van der Waals surface area contributed by atoms with Gasteiger partial charge in [-0.1, -0.05) is 51.2 Å². The van der Waals surface area contributed by atoms with Crippen LogP contribution in [-0.2, 0) is 16.2 Å². The number of aliphatic hydroxyl groups excluding tert-OH is 2. The molecule has 1 aromatic rings. The van der Waals surface area contributed by atoms with Crippen LogP contribution in [0.3, 0.4) is 0 Å². The molecule has 2 heterocycles. The van der Waals surface area contributed by atoms with Crippen molar-refractivity contribution in [1.82, 2.24) is 21.0 Å². The van der Waals surface area contributed by atoms with E-state index in [2.05, 4.69) is 48.6 Å². The summed E-state index contributed by atoms with van der Waals surface area (Å²) >= 11 is 0. The molecular weight excluding hydrogens is 516 g/mol. The first-order valence-corrected chi connectivity index (χ1v) is 15.7. The van der Waals surface area contributed by atoms with Crippen LogP contribution in [0.1, 0.15) is 70.9 Å². The van der Waals surface area contributed by atoms with Crippen LogP contribution in [0, 0.1) is 40.9 Å². The molecule has 1 amide bonds. The van der Waals surface area contributed by atoms with Gasteiger partial charge in [0.05, 0.1) is 25.8 Å². The van der Waals surface area contributed by atoms with Gasteiger partial charge in [-0.2, -0.15) is 5.06 Å². The summed E-state index contributed by atoms with van der Waals surface area (Å²) in [6.45, 7) is 11.4. The summed E-state index contributed by atoms with van der Waals surface area (Å²) in [5.74, 6) is 7.46. The predicted molar refractivity (Wildman–Crippen MR) is 159 cm³/mol. The van der Waals surface area contributed by atoms with Crippen LogP contribution in [-0.4, -0.2) is 77.8 Å². The lowest BCUT2D eigenvalue weighted by atomic mass is 9.45. The highest BCUT2D eigenvalue weighted by molar-refractivity contribution is 5.82. The van der Waals surface area contributed by atoms with Crippen molar-refractivity contribution in [2.45, 2.75) is 96.7 Å². The average Bonchev–Trinajstić information content (AvgIpc) is 3.33. The fourth-order valence-electron chi connectivity index (χ4n) is 7.97. The lowest BCUT2D eigenvalue weighted by Crippen LogP contribution is -2.62. The Labute approximate surface area is 245 Å². The van der Waals surface area contributed by atoms with Crippen LogP contribution in [0.5, 0.6) is 0 Å². The van der Waals surface area contributed by atoms with E-state index in [1.165, 1.54) is 25.7 Å². The van der Waals surface area contributed by atoms with Crippen molar-refractivity contribution in [1.29, 1.82) is 0 Å². The summed E-state index contributed by atoms with van der Waals surface area (Å²) in [5, 5.41) is 32.7. The Kier molecular flexibility index (Phi) is 9.74. The minimum Gasteiger partial charge on any atom is -0.394 e. The first-order valence-electron chi connectivity index (χ1n) is 15.7. The van der Waals surface area contributed by atoms with Gasteiger partial charge < -0.3 is 26.2 Å². The second kappa shape index (κ2) is 13.1. The molecule has 0 radical (unpaired) electrons. The number of rotatable bonds is 9. The SMILES string of the molecule is C[C@@H]1[C@@H](NC(=O)[C@@H]2[C@H]([C@H](C)O)[C@H](CO)ON2Cc2cccc(C#CCNCC3CCCCN3)c2)C[C@H]2C[C@@H]1C2(C)C. The van der Waals surface area contributed by atoms with Crippen molar-refractivity contribution in [3.8, 4) is 11.8 Å². The molecule has 41 heavy (non-hydrogen) atoms. The van der Waals surface area contributed by atoms with E-state index >= 15 is 0 Å². The number of carbonyl (C=O) groups excluding carboxylic acids is 1. The van der Waals surface area contributed by atoms with Gasteiger partial charge in [0, 0.05) is 30.1 Å². The summed E-state index contributed by atoms with van der Waals surface area (Å²) in [5.41, 5.74) is 2.21. The number of nitrogens with zero attached hydrogens (tertiary/aromatic N) is 1. The Morgan fingerprint density at radius 1 is 1.29 bits per heavy atom. The van der Waals surface area contributed by atoms with Crippen LogP contribution in [0.15, 0.2) is 24.3 Å². The van der Waals surface area contributed by atoms with Crippen LogP contribution < -0.4 is 16.0 Å². The average molecular weight is 567 g/mol. The van der Waals surface area contributed by atoms with Crippen LogP contribution in [0.25, 0.3) is 0 Å². The third-order valence-electron chi connectivity index (χ3n) is 10.6. The molecule has 1 unspecified atom stereocenters. The van der Waals surface area contributed by atoms with Gasteiger partial charge in [0.1, 0.15) is 12.1 Å². The van der Waals surface area contributed by atoms with Gasteiger partial charge in [0.25, 0.3) is 0 Å². The number of amides is 1. The number of carbonyl (C=O) groups is 1. The Hall–Kier alpha value is -1.99. The lowest BCUT2D eigenvalue weighted by molar-refractivity contribution is -0.183. The summed E-state index contributed by atoms with van der Waals surface area (Å²) in [4.78, 5) is 20.0. The standard InChI is InChI=1S/C33H50N4O4/c1-21-27-16-25(33(27,3)4)17-28(21)36-32(40)31-30(22(2)39)29(20-38)41-37(31)19-24-10-7-9-23(15-24)11-8-13-34-18-26-12-5-6-14-35-26/h7,9-10,15,21-22,25-31,34-35,38-39H,5-6,12-14,16-20H2,1-4H3,(H,36,40)/t21-,22-,25+,26?,27-,28-,29-,30+,31-/m0/s1. The maximum atomic E-state index is 13.8. The highest BCUT2D eigenvalue weighted by Crippen LogP contribution is 2.61. The van der Waals surface area contributed by atoms with Gasteiger partial charge in [-0.3, -0.25) is 9.63 Å². The normalized spacial score (nSPS) is 35.2. The molecule has 2 saturated heterocycles. The van der Waals surface area contributed by atoms with E-state index < -0.39 is 24.2 Å². The molecule has 3 aliphatic carbocycles. The molecule has 2 aliphatic heterocycles. The zero-order valence-electron chi connectivity index (χ0n) is 25.2. The summed E-state index contributed by atoms with van der Waals surface area (Å²) in [7, 11) is 0. The molecule has 8 nitrogen and oxygen atoms in total. The minimum absolute atomic E-state index is 0.116. The van der Waals surface area contributed by atoms with Crippen molar-refractivity contribution >= 4 is 5.91 Å². The lowest BCUT2D eigenvalue weighted by Gasteiger charge is -2.62.